The van der Waals surface area contributed by atoms with E-state index in [0.29, 0.717) is 11.1 Å². The Balaban J connectivity index is 2.62. The molecule has 0 saturated heterocycles. The van der Waals surface area contributed by atoms with E-state index in [0.717, 1.165) is 5.39 Å². The first-order chi connectivity index (χ1) is 7.08. The number of amides is 1. The van der Waals surface area contributed by atoms with Crippen molar-refractivity contribution in [2.24, 2.45) is 5.73 Å². The van der Waals surface area contributed by atoms with Crippen molar-refractivity contribution >= 4 is 22.7 Å². The van der Waals surface area contributed by atoms with Gasteiger partial charge in [0.1, 0.15) is 5.58 Å². The highest BCUT2D eigenvalue weighted by molar-refractivity contribution is 5.99. The first-order valence-electron chi connectivity index (χ1n) is 4.42. The molecule has 0 spiro atoms. The van der Waals surface area contributed by atoms with Crippen molar-refractivity contribution in [1.82, 2.24) is 0 Å². The first kappa shape index (κ1) is 9.45. The molecule has 0 saturated carbocycles. The maximum absolute atomic E-state index is 11.1. The Labute approximate surface area is 85.7 Å². The van der Waals surface area contributed by atoms with Gasteiger partial charge in [-0.1, -0.05) is 12.1 Å². The van der Waals surface area contributed by atoms with Crippen LogP contribution >= 0.6 is 0 Å². The number of Topliss-reactive ketones (excluding diaryl/α,β-unsaturated/α-hetero) is 1. The number of hydrogen-bond acceptors (Lipinski definition) is 3. The van der Waals surface area contributed by atoms with E-state index in [2.05, 4.69) is 0 Å². The summed E-state index contributed by atoms with van der Waals surface area (Å²) < 4.78 is 5.19. The third kappa shape index (κ3) is 1.61. The van der Waals surface area contributed by atoms with E-state index in [9.17, 15) is 9.59 Å². The highest BCUT2D eigenvalue weighted by atomic mass is 16.3. The lowest BCUT2D eigenvalue weighted by atomic mass is 10.1. The molecule has 2 rings (SSSR count). The molecule has 1 aromatic carbocycles. The van der Waals surface area contributed by atoms with Crippen molar-refractivity contribution in [2.45, 2.75) is 6.92 Å². The average molecular weight is 203 g/mol. The maximum atomic E-state index is 11.1. The van der Waals surface area contributed by atoms with Gasteiger partial charge in [-0.05, 0) is 19.1 Å². The van der Waals surface area contributed by atoms with Gasteiger partial charge in [0.15, 0.2) is 11.5 Å². The maximum Gasteiger partial charge on any atom is 0.284 e. The molecule has 4 heteroatoms. The number of hydrogen-bond donors (Lipinski definition) is 1. The molecule has 76 valence electrons. The topological polar surface area (TPSA) is 73.3 Å². The molecular weight excluding hydrogens is 194 g/mol. The van der Waals surface area contributed by atoms with Crippen LogP contribution < -0.4 is 5.73 Å². The fourth-order valence-electron chi connectivity index (χ4n) is 1.37. The average Bonchev–Trinajstić information content (AvgIpc) is 2.59. The molecule has 15 heavy (non-hydrogen) atoms. The van der Waals surface area contributed by atoms with E-state index in [1.807, 2.05) is 0 Å². The number of primary amides is 1. The molecule has 0 aliphatic rings. The minimum absolute atomic E-state index is 0.0473. The van der Waals surface area contributed by atoms with Gasteiger partial charge in [-0.2, -0.15) is 0 Å². The fraction of sp³-hybridized carbons (Fsp3) is 0.0909. The quantitative estimate of drug-likeness (QED) is 0.755. The number of rotatable bonds is 2. The lowest BCUT2D eigenvalue weighted by Crippen LogP contribution is -2.08. The van der Waals surface area contributed by atoms with E-state index in [-0.39, 0.29) is 11.5 Å². The van der Waals surface area contributed by atoms with E-state index in [1.54, 1.807) is 24.3 Å². The summed E-state index contributed by atoms with van der Waals surface area (Å²) in [5, 5.41) is 0.758. The van der Waals surface area contributed by atoms with Gasteiger partial charge in [0.25, 0.3) is 5.91 Å². The number of fused-ring (bicyclic) bond motifs is 1. The zero-order valence-electron chi connectivity index (χ0n) is 8.11. The monoisotopic (exact) mass is 203 g/mol. The summed E-state index contributed by atoms with van der Waals surface area (Å²) in [4.78, 5) is 21.9. The Bertz CT molecular complexity index is 542. The third-order valence-electron chi connectivity index (χ3n) is 2.17. The molecule has 0 atom stereocenters. The highest BCUT2D eigenvalue weighted by Gasteiger charge is 2.09. The highest BCUT2D eigenvalue weighted by Crippen LogP contribution is 2.20. The third-order valence-corrected chi connectivity index (χ3v) is 2.17. The Morgan fingerprint density at radius 1 is 1.27 bits per heavy atom. The molecule has 0 unspecified atom stereocenters. The summed E-state index contributed by atoms with van der Waals surface area (Å²) >= 11 is 0. The molecule has 0 radical (unpaired) electrons. The molecule has 2 aromatic rings. The number of furan rings is 1. The van der Waals surface area contributed by atoms with E-state index in [4.69, 9.17) is 10.2 Å². The van der Waals surface area contributed by atoms with E-state index in [1.165, 1.54) is 6.92 Å². The van der Waals surface area contributed by atoms with Crippen LogP contribution in [0.15, 0.2) is 28.7 Å². The predicted molar refractivity (Wildman–Crippen MR) is 54.7 cm³/mol. The summed E-state index contributed by atoms with van der Waals surface area (Å²) in [5.74, 6) is -0.560. The van der Waals surface area contributed by atoms with Crippen LogP contribution in [0.5, 0.6) is 0 Å². The summed E-state index contributed by atoms with van der Waals surface area (Å²) in [7, 11) is 0. The van der Waals surface area contributed by atoms with Gasteiger partial charge in [-0.3, -0.25) is 9.59 Å². The number of nitrogens with two attached hydrogens (primary N) is 1. The number of benzene rings is 1. The molecule has 0 aliphatic heterocycles. The fourth-order valence-corrected chi connectivity index (χ4v) is 1.37. The van der Waals surface area contributed by atoms with Crippen molar-refractivity contribution in [3.8, 4) is 0 Å². The second kappa shape index (κ2) is 3.24. The molecule has 0 aliphatic carbocycles. The van der Waals surface area contributed by atoms with Crippen molar-refractivity contribution in [3.63, 3.8) is 0 Å². The molecule has 0 fully saturated rings. The van der Waals surface area contributed by atoms with Crippen LogP contribution in [-0.4, -0.2) is 11.7 Å². The molecule has 1 amide bonds. The van der Waals surface area contributed by atoms with Gasteiger partial charge in [0.05, 0.1) is 0 Å². The zero-order valence-corrected chi connectivity index (χ0v) is 8.11. The van der Waals surface area contributed by atoms with Crippen molar-refractivity contribution in [1.29, 1.82) is 0 Å². The molecular formula is C11H9NO3. The lowest BCUT2D eigenvalue weighted by molar-refractivity contribution is 0.0975. The Morgan fingerprint density at radius 2 is 2.00 bits per heavy atom. The van der Waals surface area contributed by atoms with Gasteiger partial charge in [-0.15, -0.1) is 0 Å². The van der Waals surface area contributed by atoms with Crippen molar-refractivity contribution in [3.05, 3.63) is 35.6 Å². The van der Waals surface area contributed by atoms with Crippen LogP contribution in [0.4, 0.5) is 0 Å². The van der Waals surface area contributed by atoms with Gasteiger partial charge in [-0.25, -0.2) is 0 Å². The molecule has 2 N–H and O–H groups in total. The largest absolute Gasteiger partial charge is 0.451 e. The van der Waals surface area contributed by atoms with Crippen LogP contribution in [0.2, 0.25) is 0 Å². The minimum atomic E-state index is -0.615. The van der Waals surface area contributed by atoms with Crippen molar-refractivity contribution < 1.29 is 14.0 Å². The number of carbonyl (C=O) groups excluding carboxylic acids is 2. The van der Waals surface area contributed by atoms with Gasteiger partial charge in [0, 0.05) is 10.9 Å². The molecule has 4 nitrogen and oxygen atoms in total. The van der Waals surface area contributed by atoms with E-state index < -0.39 is 5.91 Å². The second-order valence-corrected chi connectivity index (χ2v) is 3.28. The normalized spacial score (nSPS) is 10.5. The van der Waals surface area contributed by atoms with Crippen LogP contribution in [0.1, 0.15) is 27.8 Å². The van der Waals surface area contributed by atoms with Gasteiger partial charge < -0.3 is 10.2 Å². The minimum Gasteiger partial charge on any atom is -0.451 e. The SMILES string of the molecule is CC(=O)c1ccc2cc(C(N)=O)oc2c1. The lowest BCUT2D eigenvalue weighted by Gasteiger charge is -1.93. The molecule has 1 aromatic heterocycles. The van der Waals surface area contributed by atoms with Crippen molar-refractivity contribution in [2.75, 3.05) is 0 Å². The van der Waals surface area contributed by atoms with Crippen LogP contribution in [0.25, 0.3) is 11.0 Å². The standard InChI is InChI=1S/C11H9NO3/c1-6(13)7-2-3-8-5-10(11(12)14)15-9(8)4-7/h2-5H,1H3,(H2,12,14). The molecule has 1 heterocycles. The first-order valence-corrected chi connectivity index (χ1v) is 4.42. The summed E-state index contributed by atoms with van der Waals surface area (Å²) in [6.45, 7) is 1.47. The summed E-state index contributed by atoms with van der Waals surface area (Å²) in [6.07, 6.45) is 0. The number of carbonyl (C=O) groups is 2. The Kier molecular flexibility index (Phi) is 2.04. The van der Waals surface area contributed by atoms with Crippen LogP contribution in [-0.2, 0) is 0 Å². The summed E-state index contributed by atoms with van der Waals surface area (Å²) in [6, 6.07) is 6.57. The Hall–Kier alpha value is -2.10. The second-order valence-electron chi connectivity index (χ2n) is 3.28. The van der Waals surface area contributed by atoms with Gasteiger partial charge >= 0.3 is 0 Å². The number of ketones is 1. The summed E-state index contributed by atoms with van der Waals surface area (Å²) in [5.41, 5.74) is 6.12. The van der Waals surface area contributed by atoms with Gasteiger partial charge in [0.2, 0.25) is 0 Å². The van der Waals surface area contributed by atoms with Crippen LogP contribution in [0, 0.1) is 0 Å². The predicted octanol–water partition coefficient (Wildman–Crippen LogP) is 1.73. The van der Waals surface area contributed by atoms with E-state index >= 15 is 0 Å². The zero-order chi connectivity index (χ0) is 11.0. The van der Waals surface area contributed by atoms with Crippen LogP contribution in [0.3, 0.4) is 0 Å². The smallest absolute Gasteiger partial charge is 0.284 e. The molecule has 0 bridgehead atoms. The Morgan fingerprint density at radius 3 is 2.60 bits per heavy atom.